The van der Waals surface area contributed by atoms with E-state index in [4.69, 9.17) is 0 Å². The predicted octanol–water partition coefficient (Wildman–Crippen LogP) is 3.66. The van der Waals surface area contributed by atoms with Gasteiger partial charge in [0.05, 0.1) is 5.92 Å². The molecule has 0 aromatic rings. The third kappa shape index (κ3) is 4.16. The zero-order valence-electron chi connectivity index (χ0n) is 9.90. The van der Waals surface area contributed by atoms with Gasteiger partial charge in [0, 0.05) is 12.6 Å². The van der Waals surface area contributed by atoms with Crippen LogP contribution in [0.25, 0.3) is 0 Å². The van der Waals surface area contributed by atoms with Crippen molar-refractivity contribution < 1.29 is 13.2 Å². The van der Waals surface area contributed by atoms with Gasteiger partial charge in [-0.15, -0.1) is 0 Å². The number of hydrogen-bond donors (Lipinski definition) is 1. The van der Waals surface area contributed by atoms with Gasteiger partial charge in [-0.1, -0.05) is 24.5 Å². The first-order valence-corrected chi connectivity index (χ1v) is 5.84. The summed E-state index contributed by atoms with van der Waals surface area (Å²) in [6.45, 7) is 4.44. The molecule has 1 N–H and O–H groups in total. The maximum Gasteiger partial charge on any atom is 0.393 e. The van der Waals surface area contributed by atoms with Crippen molar-refractivity contribution in [2.45, 2.75) is 51.7 Å². The second kappa shape index (κ2) is 5.71. The summed E-state index contributed by atoms with van der Waals surface area (Å²) in [6.07, 6.45) is 0.395. The summed E-state index contributed by atoms with van der Waals surface area (Å²) in [4.78, 5) is 0. The molecule has 1 rings (SSSR count). The Bertz CT molecular complexity index is 241. The van der Waals surface area contributed by atoms with Crippen molar-refractivity contribution in [3.63, 3.8) is 0 Å². The Morgan fingerprint density at radius 2 is 1.88 bits per heavy atom. The molecular formula is C12H20F3N. The Morgan fingerprint density at radius 1 is 1.25 bits per heavy atom. The minimum atomic E-state index is -4.05. The van der Waals surface area contributed by atoms with Gasteiger partial charge in [0.15, 0.2) is 0 Å². The lowest BCUT2D eigenvalue weighted by molar-refractivity contribution is -0.188. The highest BCUT2D eigenvalue weighted by molar-refractivity contribution is 4.96. The molecule has 0 radical (unpaired) electrons. The zero-order valence-corrected chi connectivity index (χ0v) is 9.90. The van der Waals surface area contributed by atoms with Crippen molar-refractivity contribution in [1.29, 1.82) is 0 Å². The Morgan fingerprint density at radius 3 is 2.44 bits per heavy atom. The topological polar surface area (TPSA) is 12.0 Å². The van der Waals surface area contributed by atoms with Crippen LogP contribution in [-0.2, 0) is 0 Å². The van der Waals surface area contributed by atoms with Crippen molar-refractivity contribution >= 4 is 0 Å². The van der Waals surface area contributed by atoms with E-state index in [1.165, 1.54) is 0 Å². The monoisotopic (exact) mass is 235 g/mol. The number of rotatable bonds is 3. The second-order valence-corrected chi connectivity index (χ2v) is 4.73. The number of allylic oxidation sites excluding steroid dienone is 1. The molecule has 0 amide bonds. The van der Waals surface area contributed by atoms with E-state index < -0.39 is 18.1 Å². The Kier molecular flexibility index (Phi) is 4.84. The lowest BCUT2D eigenvalue weighted by Gasteiger charge is -2.33. The summed E-state index contributed by atoms with van der Waals surface area (Å²) >= 11 is 0. The van der Waals surface area contributed by atoms with Gasteiger partial charge in [0.2, 0.25) is 0 Å². The van der Waals surface area contributed by atoms with E-state index in [1.54, 1.807) is 0 Å². The summed E-state index contributed by atoms with van der Waals surface area (Å²) in [6, 6.07) is -0.399. The van der Waals surface area contributed by atoms with Crippen LogP contribution in [0.1, 0.15) is 39.5 Å². The molecule has 0 aliphatic heterocycles. The van der Waals surface area contributed by atoms with E-state index in [-0.39, 0.29) is 6.42 Å². The number of halogens is 3. The molecule has 0 saturated heterocycles. The molecule has 1 aliphatic rings. The standard InChI is InChI=1S/C12H20F3N/c1-9(2)7-8-16-11-6-4-3-5-10(11)12(13,14)15/h7,10-11,16H,3-6,8H2,1-2H3/t10-,11+/m1/s1. The molecule has 16 heavy (non-hydrogen) atoms. The summed E-state index contributed by atoms with van der Waals surface area (Å²) in [5, 5.41) is 3.01. The lowest BCUT2D eigenvalue weighted by Crippen LogP contribution is -2.45. The molecule has 0 heterocycles. The van der Waals surface area contributed by atoms with E-state index in [0.29, 0.717) is 19.4 Å². The number of nitrogens with one attached hydrogen (secondary N) is 1. The van der Waals surface area contributed by atoms with Crippen LogP contribution in [0.15, 0.2) is 11.6 Å². The van der Waals surface area contributed by atoms with Gasteiger partial charge in [-0.2, -0.15) is 13.2 Å². The molecule has 1 fully saturated rings. The minimum absolute atomic E-state index is 0.274. The highest BCUT2D eigenvalue weighted by atomic mass is 19.4. The fraction of sp³-hybridized carbons (Fsp3) is 0.833. The smallest absolute Gasteiger partial charge is 0.310 e. The van der Waals surface area contributed by atoms with Gasteiger partial charge in [-0.3, -0.25) is 0 Å². The molecule has 0 aromatic heterocycles. The van der Waals surface area contributed by atoms with Crippen molar-refractivity contribution in [3.05, 3.63) is 11.6 Å². The maximum absolute atomic E-state index is 12.7. The molecular weight excluding hydrogens is 215 g/mol. The van der Waals surface area contributed by atoms with Crippen LogP contribution in [0.4, 0.5) is 13.2 Å². The SMILES string of the molecule is CC(C)=CCN[C@H]1CCCC[C@H]1C(F)(F)F. The molecule has 2 atom stereocenters. The van der Waals surface area contributed by atoms with Crippen LogP contribution in [0.2, 0.25) is 0 Å². The van der Waals surface area contributed by atoms with E-state index in [1.807, 2.05) is 19.9 Å². The van der Waals surface area contributed by atoms with Crippen LogP contribution >= 0.6 is 0 Å². The normalized spacial score (nSPS) is 26.6. The Labute approximate surface area is 95.1 Å². The molecule has 0 spiro atoms. The first kappa shape index (κ1) is 13.6. The van der Waals surface area contributed by atoms with Crippen LogP contribution in [0.5, 0.6) is 0 Å². The maximum atomic E-state index is 12.7. The average molecular weight is 235 g/mol. The molecule has 1 aliphatic carbocycles. The zero-order chi connectivity index (χ0) is 12.2. The van der Waals surface area contributed by atoms with Crippen molar-refractivity contribution in [3.8, 4) is 0 Å². The number of alkyl halides is 3. The fourth-order valence-electron chi connectivity index (χ4n) is 2.18. The molecule has 1 nitrogen and oxygen atoms in total. The lowest BCUT2D eigenvalue weighted by atomic mass is 9.84. The van der Waals surface area contributed by atoms with Gasteiger partial charge in [0.25, 0.3) is 0 Å². The number of hydrogen-bond acceptors (Lipinski definition) is 1. The molecule has 0 unspecified atom stereocenters. The summed E-state index contributed by atoms with van der Waals surface area (Å²) in [5.41, 5.74) is 1.13. The van der Waals surface area contributed by atoms with Crippen LogP contribution in [0, 0.1) is 5.92 Å². The second-order valence-electron chi connectivity index (χ2n) is 4.73. The summed E-state index contributed by atoms with van der Waals surface area (Å²) < 4.78 is 38.2. The predicted molar refractivity (Wildman–Crippen MR) is 59.2 cm³/mol. The highest BCUT2D eigenvalue weighted by Gasteiger charge is 2.45. The van der Waals surface area contributed by atoms with Gasteiger partial charge in [-0.25, -0.2) is 0 Å². The van der Waals surface area contributed by atoms with E-state index in [2.05, 4.69) is 5.32 Å². The highest BCUT2D eigenvalue weighted by Crippen LogP contribution is 2.37. The first-order chi connectivity index (χ1) is 7.41. The van der Waals surface area contributed by atoms with Gasteiger partial charge in [-0.05, 0) is 26.7 Å². The third-order valence-corrected chi connectivity index (χ3v) is 3.08. The minimum Gasteiger partial charge on any atom is -0.310 e. The van der Waals surface area contributed by atoms with Gasteiger partial charge in [0.1, 0.15) is 0 Å². The average Bonchev–Trinajstić information content (AvgIpc) is 2.16. The van der Waals surface area contributed by atoms with Crippen LogP contribution < -0.4 is 5.32 Å². The van der Waals surface area contributed by atoms with Crippen molar-refractivity contribution in [1.82, 2.24) is 5.32 Å². The van der Waals surface area contributed by atoms with E-state index in [9.17, 15) is 13.2 Å². The van der Waals surface area contributed by atoms with E-state index >= 15 is 0 Å². The third-order valence-electron chi connectivity index (χ3n) is 3.08. The quantitative estimate of drug-likeness (QED) is 0.736. The molecule has 0 bridgehead atoms. The fourth-order valence-corrected chi connectivity index (χ4v) is 2.18. The molecule has 94 valence electrons. The van der Waals surface area contributed by atoms with Crippen molar-refractivity contribution in [2.24, 2.45) is 5.92 Å². The Hall–Kier alpha value is -0.510. The first-order valence-electron chi connectivity index (χ1n) is 5.84. The van der Waals surface area contributed by atoms with Gasteiger partial charge < -0.3 is 5.32 Å². The van der Waals surface area contributed by atoms with Crippen LogP contribution in [0.3, 0.4) is 0 Å². The van der Waals surface area contributed by atoms with Crippen molar-refractivity contribution in [2.75, 3.05) is 6.54 Å². The van der Waals surface area contributed by atoms with Crippen LogP contribution in [-0.4, -0.2) is 18.8 Å². The molecule has 4 heteroatoms. The van der Waals surface area contributed by atoms with Gasteiger partial charge >= 0.3 is 6.18 Å². The summed E-state index contributed by atoms with van der Waals surface area (Å²) in [7, 11) is 0. The largest absolute Gasteiger partial charge is 0.393 e. The summed E-state index contributed by atoms with van der Waals surface area (Å²) in [5.74, 6) is -1.16. The molecule has 0 aromatic carbocycles. The van der Waals surface area contributed by atoms with E-state index in [0.717, 1.165) is 12.0 Å². The Balaban J connectivity index is 2.51. The molecule has 1 saturated carbocycles.